The normalized spacial score (nSPS) is 10.2. The van der Waals surface area contributed by atoms with Gasteiger partial charge in [0.2, 0.25) is 0 Å². The van der Waals surface area contributed by atoms with Crippen molar-refractivity contribution in [2.24, 2.45) is 0 Å². The lowest BCUT2D eigenvalue weighted by Crippen LogP contribution is -1.90. The largest absolute Gasteiger partial charge is 0.461 e. The van der Waals surface area contributed by atoms with Crippen molar-refractivity contribution in [3.63, 3.8) is 0 Å². The highest BCUT2D eigenvalue weighted by Crippen LogP contribution is 2.17. The fourth-order valence-electron chi connectivity index (χ4n) is 1.16. The number of aromatic nitrogens is 1. The van der Waals surface area contributed by atoms with Crippen molar-refractivity contribution in [2.75, 3.05) is 0 Å². The molecule has 0 aliphatic rings. The lowest BCUT2D eigenvalue weighted by Gasteiger charge is -1.92. The maximum atomic E-state index is 9.96. The Bertz CT molecular complexity index is 421. The van der Waals surface area contributed by atoms with Crippen LogP contribution in [-0.2, 0) is 16.1 Å². The number of rotatable bonds is 3. The van der Waals surface area contributed by atoms with Crippen LogP contribution in [-0.4, -0.2) is 11.6 Å². The average Bonchev–Trinajstić information content (AvgIpc) is 2.58. The van der Waals surface area contributed by atoms with E-state index in [1.54, 1.807) is 0 Å². The summed E-state index contributed by atoms with van der Waals surface area (Å²) in [6, 6.07) is 7.42. The molecular weight excluding hydrogens is 170 g/mol. The number of hydrogen-bond donors (Lipinski definition) is 0. The minimum Gasteiger partial charge on any atom is -0.461 e. The third-order valence-corrected chi connectivity index (χ3v) is 1.74. The second kappa shape index (κ2) is 3.26. The summed E-state index contributed by atoms with van der Waals surface area (Å²) in [7, 11) is 0. The van der Waals surface area contributed by atoms with Gasteiger partial charge in [-0.15, -0.1) is 0 Å². The lowest BCUT2D eigenvalue weighted by molar-refractivity contribution is -0.129. The summed E-state index contributed by atoms with van der Waals surface area (Å²) in [6.07, 6.45) is 0. The summed E-state index contributed by atoms with van der Waals surface area (Å²) in [5.74, 6) is 0. The highest BCUT2D eigenvalue weighted by molar-refractivity contribution is 5.79. The zero-order valence-electron chi connectivity index (χ0n) is 6.77. The molecule has 0 atom stereocenters. The number of ether oxygens (including phenoxy) is 1. The van der Waals surface area contributed by atoms with Gasteiger partial charge in [0.05, 0.1) is 0 Å². The van der Waals surface area contributed by atoms with E-state index in [1.165, 1.54) is 0 Å². The maximum Gasteiger partial charge on any atom is 0.293 e. The zero-order chi connectivity index (χ0) is 9.10. The predicted molar refractivity (Wildman–Crippen MR) is 44.9 cm³/mol. The maximum absolute atomic E-state index is 9.96. The second-order valence-electron chi connectivity index (χ2n) is 2.53. The van der Waals surface area contributed by atoms with Gasteiger partial charge in [0, 0.05) is 5.39 Å². The molecule has 0 amide bonds. The Hall–Kier alpha value is -1.84. The van der Waals surface area contributed by atoms with E-state index < -0.39 is 0 Å². The van der Waals surface area contributed by atoms with E-state index >= 15 is 0 Å². The van der Waals surface area contributed by atoms with Gasteiger partial charge in [0.1, 0.15) is 12.3 Å². The quantitative estimate of drug-likeness (QED) is 0.666. The third-order valence-electron chi connectivity index (χ3n) is 1.74. The summed E-state index contributed by atoms with van der Waals surface area (Å²) in [4.78, 5) is 9.96. The number of benzene rings is 1. The van der Waals surface area contributed by atoms with Crippen molar-refractivity contribution < 1.29 is 14.1 Å². The van der Waals surface area contributed by atoms with Gasteiger partial charge in [0.15, 0.2) is 5.58 Å². The van der Waals surface area contributed by atoms with E-state index in [-0.39, 0.29) is 6.61 Å². The zero-order valence-corrected chi connectivity index (χ0v) is 6.77. The predicted octanol–water partition coefficient (Wildman–Crippen LogP) is 1.50. The topological polar surface area (TPSA) is 52.3 Å². The van der Waals surface area contributed by atoms with Crippen LogP contribution < -0.4 is 0 Å². The van der Waals surface area contributed by atoms with Gasteiger partial charge in [-0.25, -0.2) is 0 Å². The van der Waals surface area contributed by atoms with Crippen LogP contribution in [0, 0.1) is 0 Å². The number of carbonyl (C=O) groups excluding carboxylic acids is 1. The van der Waals surface area contributed by atoms with E-state index in [0.717, 1.165) is 5.39 Å². The van der Waals surface area contributed by atoms with Crippen molar-refractivity contribution in [1.82, 2.24) is 5.16 Å². The minimum atomic E-state index is 0.153. The summed E-state index contributed by atoms with van der Waals surface area (Å²) in [5.41, 5.74) is 1.34. The molecule has 13 heavy (non-hydrogen) atoms. The molecule has 4 nitrogen and oxygen atoms in total. The molecule has 0 fully saturated rings. The van der Waals surface area contributed by atoms with Crippen molar-refractivity contribution >= 4 is 17.4 Å². The molecular formula is C9H7NO3. The molecule has 1 aromatic carbocycles. The van der Waals surface area contributed by atoms with Gasteiger partial charge in [0.25, 0.3) is 6.47 Å². The van der Waals surface area contributed by atoms with Crippen LogP contribution >= 0.6 is 0 Å². The monoisotopic (exact) mass is 177 g/mol. The fraction of sp³-hybridized carbons (Fsp3) is 0.111. The summed E-state index contributed by atoms with van der Waals surface area (Å²) in [5, 5.41) is 4.65. The van der Waals surface area contributed by atoms with E-state index in [4.69, 9.17) is 4.52 Å². The van der Waals surface area contributed by atoms with Gasteiger partial charge in [-0.3, -0.25) is 4.79 Å². The Morgan fingerprint density at radius 2 is 2.31 bits per heavy atom. The van der Waals surface area contributed by atoms with E-state index in [0.29, 0.717) is 17.7 Å². The molecule has 2 rings (SSSR count). The molecule has 0 unspecified atom stereocenters. The molecule has 0 saturated heterocycles. The molecule has 66 valence electrons. The van der Waals surface area contributed by atoms with Crippen LogP contribution in [0.3, 0.4) is 0 Å². The van der Waals surface area contributed by atoms with Crippen LogP contribution in [0.25, 0.3) is 11.0 Å². The molecule has 4 heteroatoms. The number of carbonyl (C=O) groups is 1. The first-order valence-electron chi connectivity index (χ1n) is 3.80. The first kappa shape index (κ1) is 7.79. The Labute approximate surface area is 74.1 Å². The summed E-state index contributed by atoms with van der Waals surface area (Å²) in [6.45, 7) is 0.546. The van der Waals surface area contributed by atoms with Crippen LogP contribution in [0.2, 0.25) is 0 Å². The van der Waals surface area contributed by atoms with Crippen molar-refractivity contribution in [3.05, 3.63) is 30.0 Å². The Morgan fingerprint density at radius 1 is 1.46 bits per heavy atom. The standard InChI is InChI=1S/C9H7NO3/c11-6-12-5-8-7-3-1-2-4-9(7)13-10-8/h1-4,6H,5H2. The summed E-state index contributed by atoms with van der Waals surface area (Å²) < 4.78 is 9.58. The molecule has 0 aliphatic carbocycles. The molecule has 0 N–H and O–H groups in total. The highest BCUT2D eigenvalue weighted by atomic mass is 16.5. The van der Waals surface area contributed by atoms with Crippen molar-refractivity contribution in [2.45, 2.75) is 6.61 Å². The first-order valence-corrected chi connectivity index (χ1v) is 3.80. The fourth-order valence-corrected chi connectivity index (χ4v) is 1.16. The Balaban J connectivity index is 2.40. The minimum absolute atomic E-state index is 0.153. The van der Waals surface area contributed by atoms with E-state index in [2.05, 4.69) is 9.89 Å². The summed E-state index contributed by atoms with van der Waals surface area (Å²) >= 11 is 0. The molecule has 1 aromatic heterocycles. The number of fused-ring (bicyclic) bond motifs is 1. The number of para-hydroxylation sites is 1. The van der Waals surface area contributed by atoms with Crippen molar-refractivity contribution in [1.29, 1.82) is 0 Å². The highest BCUT2D eigenvalue weighted by Gasteiger charge is 2.06. The molecule has 0 spiro atoms. The first-order chi connectivity index (χ1) is 6.42. The third kappa shape index (κ3) is 1.38. The lowest BCUT2D eigenvalue weighted by atomic mass is 10.2. The average molecular weight is 177 g/mol. The molecule has 0 saturated carbocycles. The Morgan fingerprint density at radius 3 is 3.15 bits per heavy atom. The number of hydrogen-bond acceptors (Lipinski definition) is 4. The van der Waals surface area contributed by atoms with Crippen LogP contribution in [0.5, 0.6) is 0 Å². The van der Waals surface area contributed by atoms with Gasteiger partial charge in [-0.05, 0) is 12.1 Å². The van der Waals surface area contributed by atoms with Gasteiger partial charge in [-0.2, -0.15) is 0 Å². The van der Waals surface area contributed by atoms with E-state index in [1.807, 2.05) is 24.3 Å². The number of nitrogens with zero attached hydrogens (tertiary/aromatic N) is 1. The van der Waals surface area contributed by atoms with Crippen LogP contribution in [0.15, 0.2) is 28.8 Å². The second-order valence-corrected chi connectivity index (χ2v) is 2.53. The Kier molecular flexibility index (Phi) is 1.96. The van der Waals surface area contributed by atoms with Crippen LogP contribution in [0.4, 0.5) is 0 Å². The SMILES string of the molecule is O=COCc1noc2ccccc12. The molecule has 0 bridgehead atoms. The van der Waals surface area contributed by atoms with Gasteiger partial charge >= 0.3 is 0 Å². The van der Waals surface area contributed by atoms with E-state index in [9.17, 15) is 4.79 Å². The van der Waals surface area contributed by atoms with Crippen molar-refractivity contribution in [3.8, 4) is 0 Å². The smallest absolute Gasteiger partial charge is 0.293 e. The molecule has 1 heterocycles. The van der Waals surface area contributed by atoms with Gasteiger partial charge in [-0.1, -0.05) is 17.3 Å². The molecule has 2 aromatic rings. The van der Waals surface area contributed by atoms with Crippen LogP contribution in [0.1, 0.15) is 5.69 Å². The van der Waals surface area contributed by atoms with Gasteiger partial charge < -0.3 is 9.26 Å². The molecule has 0 radical (unpaired) electrons. The molecule has 0 aliphatic heterocycles.